The standard InChI is InChI=1S/C21H25N5O2/c1-15-20(23-14-28-15)12-24-6-8-25(9-7-24)17-4-5-18-19(10-17)22-13-26(21(18)27)11-16-2-3-16/h4-5,10,13-14,16H,2-3,6-9,11-12H2,1H3. The molecule has 0 amide bonds. The number of anilines is 1. The monoisotopic (exact) mass is 379 g/mol. The zero-order valence-electron chi connectivity index (χ0n) is 16.2. The van der Waals surface area contributed by atoms with Crippen LogP contribution in [0, 0.1) is 12.8 Å². The molecule has 2 fully saturated rings. The zero-order valence-corrected chi connectivity index (χ0v) is 16.2. The summed E-state index contributed by atoms with van der Waals surface area (Å²) in [6, 6.07) is 6.05. The van der Waals surface area contributed by atoms with Gasteiger partial charge in [0.05, 0.1) is 22.9 Å². The number of aryl methyl sites for hydroxylation is 1. The molecular formula is C21H25N5O2. The van der Waals surface area contributed by atoms with Crippen LogP contribution in [0.5, 0.6) is 0 Å². The van der Waals surface area contributed by atoms with Crippen molar-refractivity contribution in [1.29, 1.82) is 0 Å². The molecule has 7 heteroatoms. The molecule has 1 aromatic carbocycles. The van der Waals surface area contributed by atoms with Gasteiger partial charge in [0, 0.05) is 45.0 Å². The number of benzene rings is 1. The van der Waals surface area contributed by atoms with E-state index in [1.165, 1.54) is 19.2 Å². The van der Waals surface area contributed by atoms with Gasteiger partial charge in [-0.25, -0.2) is 9.97 Å². The Balaban J connectivity index is 1.29. The average molecular weight is 379 g/mol. The first-order valence-electron chi connectivity index (χ1n) is 10.0. The summed E-state index contributed by atoms with van der Waals surface area (Å²) in [6.07, 6.45) is 5.68. The number of hydrogen-bond donors (Lipinski definition) is 0. The fourth-order valence-electron chi connectivity index (χ4n) is 3.91. The van der Waals surface area contributed by atoms with Gasteiger partial charge in [0.1, 0.15) is 5.76 Å². The van der Waals surface area contributed by atoms with E-state index in [2.05, 4.69) is 31.9 Å². The molecule has 3 heterocycles. The van der Waals surface area contributed by atoms with E-state index in [9.17, 15) is 4.79 Å². The molecule has 0 spiro atoms. The van der Waals surface area contributed by atoms with Crippen molar-refractivity contribution in [3.05, 3.63) is 52.7 Å². The van der Waals surface area contributed by atoms with Crippen molar-refractivity contribution in [3.63, 3.8) is 0 Å². The lowest BCUT2D eigenvalue weighted by Crippen LogP contribution is -2.46. The fourth-order valence-corrected chi connectivity index (χ4v) is 3.91. The van der Waals surface area contributed by atoms with E-state index in [0.717, 1.165) is 61.9 Å². The third-order valence-corrected chi connectivity index (χ3v) is 5.92. The molecule has 2 aromatic heterocycles. The van der Waals surface area contributed by atoms with Crippen LogP contribution in [0.15, 0.2) is 40.1 Å². The van der Waals surface area contributed by atoms with Crippen LogP contribution in [0.2, 0.25) is 0 Å². The summed E-state index contributed by atoms with van der Waals surface area (Å²) in [7, 11) is 0. The number of piperazine rings is 1. The Morgan fingerprint density at radius 1 is 1.14 bits per heavy atom. The summed E-state index contributed by atoms with van der Waals surface area (Å²) < 4.78 is 7.07. The van der Waals surface area contributed by atoms with Crippen LogP contribution in [-0.4, -0.2) is 45.6 Å². The Morgan fingerprint density at radius 2 is 1.96 bits per heavy atom. The molecule has 5 rings (SSSR count). The van der Waals surface area contributed by atoms with Crippen molar-refractivity contribution >= 4 is 16.6 Å². The first kappa shape index (κ1) is 17.4. The first-order chi connectivity index (χ1) is 13.7. The molecule has 146 valence electrons. The molecular weight excluding hydrogens is 354 g/mol. The van der Waals surface area contributed by atoms with E-state index in [4.69, 9.17) is 4.42 Å². The topological polar surface area (TPSA) is 67.4 Å². The second-order valence-corrected chi connectivity index (χ2v) is 7.97. The number of fused-ring (bicyclic) bond motifs is 1. The third-order valence-electron chi connectivity index (χ3n) is 5.92. The first-order valence-corrected chi connectivity index (χ1v) is 10.0. The molecule has 2 aliphatic rings. The molecule has 1 aliphatic heterocycles. The van der Waals surface area contributed by atoms with Gasteiger partial charge in [-0.3, -0.25) is 14.3 Å². The summed E-state index contributed by atoms with van der Waals surface area (Å²) >= 11 is 0. The van der Waals surface area contributed by atoms with Crippen molar-refractivity contribution in [1.82, 2.24) is 19.4 Å². The highest BCUT2D eigenvalue weighted by Gasteiger charge is 2.23. The van der Waals surface area contributed by atoms with Gasteiger partial charge >= 0.3 is 0 Å². The van der Waals surface area contributed by atoms with Gasteiger partial charge in [-0.2, -0.15) is 0 Å². The Bertz CT molecular complexity index is 1040. The van der Waals surface area contributed by atoms with Crippen LogP contribution in [0.4, 0.5) is 5.69 Å². The van der Waals surface area contributed by atoms with Gasteiger partial charge in [0.15, 0.2) is 6.39 Å². The maximum absolute atomic E-state index is 12.7. The van der Waals surface area contributed by atoms with Crippen molar-refractivity contribution < 1.29 is 4.42 Å². The van der Waals surface area contributed by atoms with Crippen LogP contribution in [-0.2, 0) is 13.1 Å². The van der Waals surface area contributed by atoms with Crippen molar-refractivity contribution in [3.8, 4) is 0 Å². The quantitative estimate of drug-likeness (QED) is 0.678. The molecule has 0 bridgehead atoms. The Morgan fingerprint density at radius 3 is 2.68 bits per heavy atom. The molecule has 28 heavy (non-hydrogen) atoms. The molecule has 0 N–H and O–H groups in total. The lowest BCUT2D eigenvalue weighted by Gasteiger charge is -2.35. The summed E-state index contributed by atoms with van der Waals surface area (Å²) in [5.74, 6) is 1.56. The second-order valence-electron chi connectivity index (χ2n) is 7.97. The zero-order chi connectivity index (χ0) is 19.1. The Hall–Kier alpha value is -2.67. The number of nitrogens with zero attached hydrogens (tertiary/aromatic N) is 5. The van der Waals surface area contributed by atoms with Crippen molar-refractivity contribution in [2.24, 2.45) is 5.92 Å². The molecule has 3 aromatic rings. The van der Waals surface area contributed by atoms with Gasteiger partial charge in [-0.15, -0.1) is 0 Å². The SMILES string of the molecule is Cc1ocnc1CN1CCN(c2ccc3c(=O)n(CC4CC4)cnc3c2)CC1. The van der Waals surface area contributed by atoms with Gasteiger partial charge in [-0.1, -0.05) is 0 Å². The molecule has 1 saturated carbocycles. The van der Waals surface area contributed by atoms with Crippen LogP contribution in [0.3, 0.4) is 0 Å². The summed E-state index contributed by atoms with van der Waals surface area (Å²) in [4.78, 5) is 26.3. The van der Waals surface area contributed by atoms with Crippen LogP contribution in [0.1, 0.15) is 24.3 Å². The third kappa shape index (κ3) is 3.42. The minimum Gasteiger partial charge on any atom is -0.448 e. The van der Waals surface area contributed by atoms with E-state index < -0.39 is 0 Å². The van der Waals surface area contributed by atoms with Gasteiger partial charge in [0.2, 0.25) is 0 Å². The van der Waals surface area contributed by atoms with Gasteiger partial charge in [0.25, 0.3) is 5.56 Å². The minimum absolute atomic E-state index is 0.0799. The van der Waals surface area contributed by atoms with E-state index in [0.29, 0.717) is 11.3 Å². The van der Waals surface area contributed by atoms with Crippen LogP contribution in [0.25, 0.3) is 10.9 Å². The molecule has 1 aliphatic carbocycles. The van der Waals surface area contributed by atoms with Gasteiger partial charge in [-0.05, 0) is 43.9 Å². The van der Waals surface area contributed by atoms with E-state index >= 15 is 0 Å². The summed E-state index contributed by atoms with van der Waals surface area (Å²) in [5, 5.41) is 0.715. The lowest BCUT2D eigenvalue weighted by molar-refractivity contribution is 0.246. The summed E-state index contributed by atoms with van der Waals surface area (Å²) in [6.45, 7) is 7.43. The van der Waals surface area contributed by atoms with Crippen LogP contribution < -0.4 is 10.5 Å². The Labute approximate surface area is 163 Å². The molecule has 0 atom stereocenters. The predicted molar refractivity (Wildman–Crippen MR) is 107 cm³/mol. The van der Waals surface area contributed by atoms with E-state index in [1.54, 1.807) is 10.9 Å². The highest BCUT2D eigenvalue weighted by atomic mass is 16.3. The average Bonchev–Trinajstić information content (AvgIpc) is 3.45. The predicted octanol–water partition coefficient (Wildman–Crippen LogP) is 2.43. The molecule has 7 nitrogen and oxygen atoms in total. The number of oxazole rings is 1. The highest BCUT2D eigenvalue weighted by Crippen LogP contribution is 2.30. The van der Waals surface area contributed by atoms with Crippen molar-refractivity contribution in [2.45, 2.75) is 32.9 Å². The minimum atomic E-state index is 0.0799. The van der Waals surface area contributed by atoms with E-state index in [1.807, 2.05) is 13.0 Å². The van der Waals surface area contributed by atoms with Crippen molar-refractivity contribution in [2.75, 3.05) is 31.1 Å². The lowest BCUT2D eigenvalue weighted by atomic mass is 10.2. The fraction of sp³-hybridized carbons (Fsp3) is 0.476. The van der Waals surface area contributed by atoms with Crippen LogP contribution >= 0.6 is 0 Å². The number of rotatable bonds is 5. The Kier molecular flexibility index (Phi) is 4.39. The smallest absolute Gasteiger partial charge is 0.261 e. The largest absolute Gasteiger partial charge is 0.448 e. The molecule has 1 saturated heterocycles. The summed E-state index contributed by atoms with van der Waals surface area (Å²) in [5.41, 5.74) is 3.02. The molecule has 0 radical (unpaired) electrons. The van der Waals surface area contributed by atoms with Gasteiger partial charge < -0.3 is 9.32 Å². The maximum Gasteiger partial charge on any atom is 0.261 e. The molecule has 0 unspecified atom stereocenters. The van der Waals surface area contributed by atoms with E-state index in [-0.39, 0.29) is 5.56 Å². The number of hydrogen-bond acceptors (Lipinski definition) is 6. The number of aromatic nitrogens is 3. The normalized spacial score (nSPS) is 18.1. The second kappa shape index (κ2) is 7.05. The highest BCUT2D eigenvalue weighted by molar-refractivity contribution is 5.81. The maximum atomic E-state index is 12.7.